The zero-order valence-corrected chi connectivity index (χ0v) is 12.0. The smallest absolute Gasteiger partial charge is 0.166 e. The summed E-state index contributed by atoms with van der Waals surface area (Å²) in [4.78, 5) is 17.1. The van der Waals surface area contributed by atoms with Gasteiger partial charge in [0, 0.05) is 30.3 Å². The standard InChI is InChI=1S/C17H20N2O2/c20-16-9-11(17-6-3-7-21-17)8-15-12(16)10-18-13-4-1-2-5-14(13)19-15/h3,6-7,10-11,13-14,19H,1-2,4-5,8-9H2/t11-,13-,14-/m0/s1. The van der Waals surface area contributed by atoms with E-state index in [9.17, 15) is 4.79 Å². The Kier molecular flexibility index (Phi) is 3.17. The maximum absolute atomic E-state index is 12.5. The molecule has 0 radical (unpaired) electrons. The van der Waals surface area contributed by atoms with Crippen LogP contribution >= 0.6 is 0 Å². The van der Waals surface area contributed by atoms with Crippen molar-refractivity contribution in [3.63, 3.8) is 0 Å². The van der Waals surface area contributed by atoms with Gasteiger partial charge < -0.3 is 9.73 Å². The number of Topliss-reactive ketones (excluding diaryl/α,β-unsaturated/α-hetero) is 1. The van der Waals surface area contributed by atoms with Crippen LogP contribution in [0.25, 0.3) is 0 Å². The van der Waals surface area contributed by atoms with Crippen molar-refractivity contribution < 1.29 is 9.21 Å². The van der Waals surface area contributed by atoms with E-state index in [4.69, 9.17) is 4.42 Å². The molecule has 4 nitrogen and oxygen atoms in total. The number of hydrogen-bond donors (Lipinski definition) is 1. The van der Waals surface area contributed by atoms with E-state index in [0.717, 1.165) is 36.3 Å². The Morgan fingerprint density at radius 2 is 2.14 bits per heavy atom. The van der Waals surface area contributed by atoms with Crippen molar-refractivity contribution in [2.45, 2.75) is 56.5 Å². The highest BCUT2D eigenvalue weighted by Gasteiger charge is 2.34. The molecule has 0 saturated heterocycles. The molecule has 3 atom stereocenters. The molecule has 1 aromatic rings. The monoisotopic (exact) mass is 284 g/mol. The fourth-order valence-corrected chi connectivity index (χ4v) is 3.79. The highest BCUT2D eigenvalue weighted by atomic mass is 16.3. The summed E-state index contributed by atoms with van der Waals surface area (Å²) < 4.78 is 5.50. The zero-order valence-electron chi connectivity index (χ0n) is 12.0. The predicted octanol–water partition coefficient (Wildman–Crippen LogP) is 2.97. The third-order valence-corrected chi connectivity index (χ3v) is 4.94. The first kappa shape index (κ1) is 12.9. The summed E-state index contributed by atoms with van der Waals surface area (Å²) in [5.74, 6) is 1.26. The Bertz CT molecular complexity index is 600. The van der Waals surface area contributed by atoms with Crippen molar-refractivity contribution in [1.82, 2.24) is 5.32 Å². The van der Waals surface area contributed by atoms with E-state index in [1.54, 1.807) is 6.26 Å². The number of carbonyl (C=O) groups is 1. The van der Waals surface area contributed by atoms with Crippen molar-refractivity contribution >= 4 is 12.0 Å². The number of hydrogen-bond acceptors (Lipinski definition) is 4. The average molecular weight is 284 g/mol. The number of furan rings is 1. The highest BCUT2D eigenvalue weighted by Crippen LogP contribution is 2.35. The van der Waals surface area contributed by atoms with Crippen LogP contribution in [0.3, 0.4) is 0 Å². The number of carbonyl (C=O) groups excluding carboxylic acids is 1. The average Bonchev–Trinajstić information content (AvgIpc) is 2.95. The van der Waals surface area contributed by atoms with Crippen molar-refractivity contribution in [2.24, 2.45) is 4.99 Å². The lowest BCUT2D eigenvalue weighted by Gasteiger charge is -2.31. The highest BCUT2D eigenvalue weighted by molar-refractivity contribution is 6.15. The summed E-state index contributed by atoms with van der Waals surface area (Å²) in [7, 11) is 0. The molecule has 110 valence electrons. The van der Waals surface area contributed by atoms with E-state index >= 15 is 0 Å². The van der Waals surface area contributed by atoms with Crippen molar-refractivity contribution in [2.75, 3.05) is 0 Å². The van der Waals surface area contributed by atoms with E-state index in [-0.39, 0.29) is 11.7 Å². The second-order valence-electron chi connectivity index (χ2n) is 6.32. The molecule has 2 aliphatic carbocycles. The SMILES string of the molecule is O=C1C[C@@H](c2ccco2)CC2=C1C=N[C@H]1CCCC[C@@H]1N2. The summed E-state index contributed by atoms with van der Waals surface area (Å²) in [6.07, 6.45) is 9.67. The first-order valence-corrected chi connectivity index (χ1v) is 7.91. The van der Waals surface area contributed by atoms with E-state index in [1.165, 1.54) is 12.8 Å². The number of ketones is 1. The van der Waals surface area contributed by atoms with Crippen LogP contribution in [0.5, 0.6) is 0 Å². The minimum absolute atomic E-state index is 0.160. The van der Waals surface area contributed by atoms with Crippen LogP contribution in [-0.2, 0) is 4.79 Å². The number of fused-ring (bicyclic) bond motifs is 1. The Morgan fingerprint density at radius 1 is 1.24 bits per heavy atom. The van der Waals surface area contributed by atoms with Crippen LogP contribution in [0.1, 0.15) is 50.2 Å². The molecule has 1 aromatic heterocycles. The van der Waals surface area contributed by atoms with Crippen LogP contribution < -0.4 is 5.32 Å². The van der Waals surface area contributed by atoms with Gasteiger partial charge in [0.1, 0.15) is 5.76 Å². The van der Waals surface area contributed by atoms with Gasteiger partial charge in [0.2, 0.25) is 0 Å². The van der Waals surface area contributed by atoms with Crippen LogP contribution in [0.15, 0.2) is 39.1 Å². The van der Waals surface area contributed by atoms with Gasteiger partial charge >= 0.3 is 0 Å². The van der Waals surface area contributed by atoms with Gasteiger partial charge in [-0.1, -0.05) is 12.8 Å². The summed E-state index contributed by atoms with van der Waals surface area (Å²) in [5, 5.41) is 3.63. The van der Waals surface area contributed by atoms with Gasteiger partial charge in [-0.2, -0.15) is 0 Å². The quantitative estimate of drug-likeness (QED) is 0.862. The van der Waals surface area contributed by atoms with Crippen molar-refractivity contribution in [3.05, 3.63) is 35.4 Å². The maximum atomic E-state index is 12.5. The Hall–Kier alpha value is -1.84. The number of nitrogens with one attached hydrogen (secondary N) is 1. The summed E-state index contributed by atoms with van der Waals surface area (Å²) >= 11 is 0. The topological polar surface area (TPSA) is 54.6 Å². The molecule has 2 heterocycles. The van der Waals surface area contributed by atoms with Crippen molar-refractivity contribution in [1.29, 1.82) is 0 Å². The van der Waals surface area contributed by atoms with Gasteiger partial charge in [-0.05, 0) is 31.4 Å². The Morgan fingerprint density at radius 3 is 3.00 bits per heavy atom. The molecule has 4 heteroatoms. The summed E-state index contributed by atoms with van der Waals surface area (Å²) in [5.41, 5.74) is 1.87. The maximum Gasteiger partial charge on any atom is 0.166 e. The third kappa shape index (κ3) is 2.33. The van der Waals surface area contributed by atoms with Crippen LogP contribution in [0.2, 0.25) is 0 Å². The van der Waals surface area contributed by atoms with Gasteiger partial charge in [0.15, 0.2) is 5.78 Å². The fraction of sp³-hybridized carbons (Fsp3) is 0.529. The van der Waals surface area contributed by atoms with E-state index < -0.39 is 0 Å². The normalized spacial score (nSPS) is 32.2. The molecule has 0 aromatic carbocycles. The molecule has 0 amide bonds. The van der Waals surface area contributed by atoms with Gasteiger partial charge in [0.05, 0.1) is 17.9 Å². The lowest BCUT2D eigenvalue weighted by Crippen LogP contribution is -2.41. The van der Waals surface area contributed by atoms with Crippen molar-refractivity contribution in [3.8, 4) is 0 Å². The van der Waals surface area contributed by atoms with E-state index in [2.05, 4.69) is 10.3 Å². The minimum atomic E-state index is 0.160. The summed E-state index contributed by atoms with van der Waals surface area (Å²) in [6, 6.07) is 4.59. The van der Waals surface area contributed by atoms with E-state index in [1.807, 2.05) is 18.3 Å². The van der Waals surface area contributed by atoms with Gasteiger partial charge in [-0.15, -0.1) is 0 Å². The lowest BCUT2D eigenvalue weighted by molar-refractivity contribution is -0.116. The number of nitrogens with zero attached hydrogens (tertiary/aromatic N) is 1. The second-order valence-corrected chi connectivity index (χ2v) is 6.32. The second kappa shape index (κ2) is 5.17. The molecule has 1 saturated carbocycles. The van der Waals surface area contributed by atoms with Crippen LogP contribution in [0, 0.1) is 0 Å². The molecule has 0 spiro atoms. The molecular weight excluding hydrogens is 264 g/mol. The Labute approximate surface area is 124 Å². The lowest BCUT2D eigenvalue weighted by atomic mass is 9.84. The molecule has 1 N–H and O–H groups in total. The van der Waals surface area contributed by atoms with Crippen LogP contribution in [0.4, 0.5) is 0 Å². The van der Waals surface area contributed by atoms with Gasteiger partial charge in [-0.25, -0.2) is 0 Å². The molecule has 0 unspecified atom stereocenters. The molecular formula is C17H20N2O2. The molecule has 3 aliphatic rings. The van der Waals surface area contributed by atoms with Gasteiger partial charge in [-0.3, -0.25) is 9.79 Å². The molecule has 0 bridgehead atoms. The van der Waals surface area contributed by atoms with Gasteiger partial charge in [0.25, 0.3) is 0 Å². The minimum Gasteiger partial charge on any atom is -0.469 e. The largest absolute Gasteiger partial charge is 0.469 e. The molecule has 4 rings (SSSR count). The molecule has 21 heavy (non-hydrogen) atoms. The third-order valence-electron chi connectivity index (χ3n) is 4.94. The zero-order chi connectivity index (χ0) is 14.2. The molecule has 1 aliphatic heterocycles. The van der Waals surface area contributed by atoms with E-state index in [0.29, 0.717) is 18.5 Å². The van der Waals surface area contributed by atoms with Crippen LogP contribution in [-0.4, -0.2) is 24.1 Å². The first-order valence-electron chi connectivity index (χ1n) is 7.91. The molecule has 1 fully saturated rings. The Balaban J connectivity index is 1.63. The fourth-order valence-electron chi connectivity index (χ4n) is 3.79. The number of aliphatic imine (C=N–C) groups is 1. The first-order chi connectivity index (χ1) is 10.3. The summed E-state index contributed by atoms with van der Waals surface area (Å²) in [6.45, 7) is 0. The predicted molar refractivity (Wildman–Crippen MR) is 80.4 cm³/mol. The number of allylic oxidation sites excluding steroid dienone is 2. The number of rotatable bonds is 1.